The maximum Gasteiger partial charge on any atom is 0.306 e. The number of allylic oxidation sites excluding steroid dienone is 8. The maximum absolute atomic E-state index is 12.7. The van der Waals surface area contributed by atoms with Gasteiger partial charge in [0, 0.05) is 12.8 Å². The summed E-state index contributed by atoms with van der Waals surface area (Å²) in [5, 5.41) is 0. The van der Waals surface area contributed by atoms with Crippen molar-refractivity contribution in [2.75, 3.05) is 47.5 Å². The first-order valence-corrected chi connectivity index (χ1v) is 24.3. The number of ether oxygens (including phenoxy) is 2. The molecule has 0 amide bonds. The Balaban J connectivity index is 4.38. The van der Waals surface area contributed by atoms with E-state index in [1.807, 2.05) is 21.1 Å². The van der Waals surface area contributed by atoms with Crippen molar-refractivity contribution in [2.45, 2.75) is 193 Å². The topological polar surface area (TPSA) is 111 Å². The first kappa shape index (κ1) is 55.0. The number of unbranched alkanes of at least 4 members (excludes halogenated alkanes) is 19. The molecule has 0 saturated carbocycles. The number of hydrogen-bond acceptors (Lipinski definition) is 8. The van der Waals surface area contributed by atoms with Crippen LogP contribution in [0.2, 0.25) is 0 Å². The van der Waals surface area contributed by atoms with E-state index in [1.54, 1.807) is 0 Å². The first-order chi connectivity index (χ1) is 27.5. The Kier molecular flexibility index (Phi) is 38.0. The minimum Gasteiger partial charge on any atom is -0.756 e. The van der Waals surface area contributed by atoms with Crippen molar-refractivity contribution in [3.63, 3.8) is 0 Å². The Morgan fingerprint density at radius 1 is 0.544 bits per heavy atom. The molecule has 0 rings (SSSR count). The van der Waals surface area contributed by atoms with Gasteiger partial charge in [-0.3, -0.25) is 14.2 Å². The zero-order chi connectivity index (χ0) is 42.1. The Morgan fingerprint density at radius 3 is 1.42 bits per heavy atom. The smallest absolute Gasteiger partial charge is 0.306 e. The normalized spacial score (nSPS) is 14.0. The van der Waals surface area contributed by atoms with Gasteiger partial charge in [-0.1, -0.05) is 146 Å². The number of rotatable bonds is 41. The summed E-state index contributed by atoms with van der Waals surface area (Å²) in [7, 11) is 1.15. The molecule has 2 atom stereocenters. The van der Waals surface area contributed by atoms with Crippen molar-refractivity contribution in [2.24, 2.45) is 0 Å². The minimum absolute atomic E-state index is 0.0362. The highest BCUT2D eigenvalue weighted by Crippen LogP contribution is 2.38. The van der Waals surface area contributed by atoms with Crippen LogP contribution in [0.25, 0.3) is 0 Å². The van der Waals surface area contributed by atoms with E-state index in [0.717, 1.165) is 70.6 Å². The molecule has 57 heavy (non-hydrogen) atoms. The lowest BCUT2D eigenvalue weighted by atomic mass is 10.1. The summed E-state index contributed by atoms with van der Waals surface area (Å²) >= 11 is 0. The van der Waals surface area contributed by atoms with Crippen molar-refractivity contribution in [1.82, 2.24) is 0 Å². The van der Waals surface area contributed by atoms with Crippen LogP contribution < -0.4 is 4.89 Å². The molecule has 2 unspecified atom stereocenters. The number of phosphoric acid groups is 1. The van der Waals surface area contributed by atoms with Crippen LogP contribution in [0.15, 0.2) is 48.6 Å². The second-order valence-electron chi connectivity index (χ2n) is 16.4. The molecule has 0 bridgehead atoms. The number of carbonyl (C=O) groups is 2. The van der Waals surface area contributed by atoms with Gasteiger partial charge in [0.25, 0.3) is 7.82 Å². The molecule has 0 aliphatic heterocycles. The number of phosphoric ester groups is 1. The molecule has 0 N–H and O–H groups in total. The third-order valence-electron chi connectivity index (χ3n) is 9.57. The highest BCUT2D eigenvalue weighted by Gasteiger charge is 2.21. The average Bonchev–Trinajstić information content (AvgIpc) is 3.16. The summed E-state index contributed by atoms with van der Waals surface area (Å²) in [5.41, 5.74) is 0. The van der Waals surface area contributed by atoms with E-state index in [0.29, 0.717) is 23.9 Å². The summed E-state index contributed by atoms with van der Waals surface area (Å²) < 4.78 is 33.9. The number of carbonyl (C=O) groups excluding carboxylic acids is 2. The molecule has 0 aromatic carbocycles. The molecule has 0 saturated heterocycles. The second kappa shape index (κ2) is 39.4. The molecule has 0 fully saturated rings. The quantitative estimate of drug-likeness (QED) is 0.0197. The molecular weight excluding hydrogens is 737 g/mol. The van der Waals surface area contributed by atoms with Gasteiger partial charge in [-0.15, -0.1) is 0 Å². The van der Waals surface area contributed by atoms with Gasteiger partial charge in [0.2, 0.25) is 0 Å². The summed E-state index contributed by atoms with van der Waals surface area (Å²) in [5.74, 6) is -0.860. The first-order valence-electron chi connectivity index (χ1n) is 22.8. The van der Waals surface area contributed by atoms with E-state index < -0.39 is 32.5 Å². The predicted molar refractivity (Wildman–Crippen MR) is 236 cm³/mol. The summed E-state index contributed by atoms with van der Waals surface area (Å²) in [6.45, 7) is 4.16. The predicted octanol–water partition coefficient (Wildman–Crippen LogP) is 12.4. The molecule has 0 aromatic heterocycles. The SMILES string of the molecule is CCCCC/C=C\C/C=C\CCCCCCCC(=O)OCC(COP(=O)([O-])OCC[N+](C)(C)C)OC(=O)CCCCCCCCC/C=C\C/C=C\CCCCCC. The van der Waals surface area contributed by atoms with Crippen LogP contribution in [0, 0.1) is 0 Å². The zero-order valence-electron chi connectivity index (χ0n) is 37.3. The number of hydrogen-bond donors (Lipinski definition) is 0. The fraction of sp³-hybridized carbons (Fsp3) is 0.787. The highest BCUT2D eigenvalue weighted by molar-refractivity contribution is 7.45. The van der Waals surface area contributed by atoms with Gasteiger partial charge in [0.1, 0.15) is 19.8 Å². The van der Waals surface area contributed by atoms with E-state index in [9.17, 15) is 19.0 Å². The van der Waals surface area contributed by atoms with Crippen LogP contribution >= 0.6 is 7.82 Å². The van der Waals surface area contributed by atoms with Crippen LogP contribution in [0.1, 0.15) is 187 Å². The van der Waals surface area contributed by atoms with Crippen LogP contribution in [0.3, 0.4) is 0 Å². The van der Waals surface area contributed by atoms with E-state index in [2.05, 4.69) is 62.5 Å². The molecule has 0 radical (unpaired) electrons. The minimum atomic E-state index is -4.63. The lowest BCUT2D eigenvalue weighted by molar-refractivity contribution is -0.870. The van der Waals surface area contributed by atoms with Crippen LogP contribution in [0.5, 0.6) is 0 Å². The molecule has 332 valence electrons. The monoisotopic (exact) mass is 824 g/mol. The van der Waals surface area contributed by atoms with Crippen LogP contribution in [-0.2, 0) is 32.7 Å². The lowest BCUT2D eigenvalue weighted by Crippen LogP contribution is -2.37. The molecule has 0 aliphatic carbocycles. The zero-order valence-corrected chi connectivity index (χ0v) is 38.2. The molecule has 10 heteroatoms. The number of esters is 2. The largest absolute Gasteiger partial charge is 0.756 e. The number of nitrogens with zero attached hydrogens (tertiary/aromatic N) is 1. The third-order valence-corrected chi connectivity index (χ3v) is 10.5. The summed E-state index contributed by atoms with van der Waals surface area (Å²) in [6.07, 6.45) is 45.6. The van der Waals surface area contributed by atoms with Gasteiger partial charge in [0.15, 0.2) is 6.10 Å². The summed E-state index contributed by atoms with van der Waals surface area (Å²) in [4.78, 5) is 37.6. The fourth-order valence-electron chi connectivity index (χ4n) is 5.95. The van der Waals surface area contributed by atoms with E-state index in [1.165, 1.54) is 77.0 Å². The Bertz CT molecular complexity index is 1110. The van der Waals surface area contributed by atoms with Gasteiger partial charge in [-0.2, -0.15) is 0 Å². The summed E-state index contributed by atoms with van der Waals surface area (Å²) in [6, 6.07) is 0. The Hall–Kier alpha value is -2.03. The average molecular weight is 824 g/mol. The second-order valence-corrected chi connectivity index (χ2v) is 17.8. The standard InChI is InChI=1S/C47H86NO8P/c1-6-8-10-12-14-16-18-20-22-23-24-26-28-30-32-34-36-38-40-47(50)56-45(44-55-57(51,52)54-42-41-48(3,4)5)43-53-46(49)39-37-35-33-31-29-27-25-21-19-17-15-13-11-9-7-2/h15-18,21-23,25,45H,6-14,19-20,24,26-44H2,1-5H3/b17-15-,18-16-,23-22-,25-21-. The lowest BCUT2D eigenvalue weighted by Gasteiger charge is -2.28. The van der Waals surface area contributed by atoms with Gasteiger partial charge in [-0.25, -0.2) is 0 Å². The fourth-order valence-corrected chi connectivity index (χ4v) is 6.68. The molecule has 0 aliphatic rings. The van der Waals surface area contributed by atoms with Gasteiger partial charge >= 0.3 is 11.9 Å². The highest BCUT2D eigenvalue weighted by atomic mass is 31.2. The van der Waals surface area contributed by atoms with Crippen molar-refractivity contribution in [3.05, 3.63) is 48.6 Å². The number of likely N-dealkylation sites (N-methyl/N-ethyl adjacent to an activating group) is 1. The molecular formula is C47H86NO8P. The van der Waals surface area contributed by atoms with Gasteiger partial charge in [0.05, 0.1) is 27.7 Å². The Labute approximate surface area is 350 Å². The van der Waals surface area contributed by atoms with E-state index >= 15 is 0 Å². The van der Waals surface area contributed by atoms with Crippen LogP contribution in [0.4, 0.5) is 0 Å². The molecule has 9 nitrogen and oxygen atoms in total. The number of quaternary nitrogens is 1. The molecule has 0 aromatic rings. The van der Waals surface area contributed by atoms with Crippen molar-refractivity contribution in [1.29, 1.82) is 0 Å². The van der Waals surface area contributed by atoms with Crippen LogP contribution in [-0.4, -0.2) is 70.0 Å². The third kappa shape index (κ3) is 43.4. The van der Waals surface area contributed by atoms with Crippen molar-refractivity contribution < 1.29 is 42.1 Å². The van der Waals surface area contributed by atoms with Crippen molar-refractivity contribution in [3.8, 4) is 0 Å². The molecule has 0 spiro atoms. The van der Waals surface area contributed by atoms with Crippen molar-refractivity contribution >= 4 is 19.8 Å². The van der Waals surface area contributed by atoms with E-state index in [-0.39, 0.29) is 26.1 Å². The Morgan fingerprint density at radius 2 is 0.947 bits per heavy atom. The molecule has 0 heterocycles. The van der Waals surface area contributed by atoms with Gasteiger partial charge in [-0.05, 0) is 77.0 Å². The van der Waals surface area contributed by atoms with E-state index in [4.69, 9.17) is 18.5 Å². The van der Waals surface area contributed by atoms with Gasteiger partial charge < -0.3 is 27.9 Å². The maximum atomic E-state index is 12.7.